The first-order valence-electron chi connectivity index (χ1n) is 9.73. The van der Waals surface area contributed by atoms with Gasteiger partial charge in [-0.1, -0.05) is 24.6 Å². The maximum atomic E-state index is 12.8. The molecule has 0 saturated heterocycles. The van der Waals surface area contributed by atoms with Gasteiger partial charge in [0, 0.05) is 30.9 Å². The molecule has 0 atom stereocenters. The largest absolute Gasteiger partial charge is 0.332 e. The van der Waals surface area contributed by atoms with Crippen molar-refractivity contribution >= 4 is 34.4 Å². The van der Waals surface area contributed by atoms with Gasteiger partial charge in [-0.25, -0.2) is 9.78 Å². The third-order valence-corrected chi connectivity index (χ3v) is 6.33. The summed E-state index contributed by atoms with van der Waals surface area (Å²) in [6.45, 7) is 7.94. The lowest BCUT2D eigenvalue weighted by Gasteiger charge is -2.15. The number of carbonyl (C=O) groups is 1. The molecule has 3 aromatic rings. The first-order chi connectivity index (χ1) is 14.1. The Bertz CT molecular complexity index is 1250. The van der Waals surface area contributed by atoms with Crippen LogP contribution in [0, 0.1) is 20.8 Å². The van der Waals surface area contributed by atoms with E-state index in [2.05, 4.69) is 10.3 Å². The predicted octanol–water partition coefficient (Wildman–Crippen LogP) is 2.85. The number of pyridine rings is 1. The van der Waals surface area contributed by atoms with Crippen LogP contribution in [0.5, 0.6) is 0 Å². The van der Waals surface area contributed by atoms with Crippen LogP contribution < -0.4 is 16.6 Å². The molecule has 158 valence electrons. The molecule has 0 aliphatic heterocycles. The summed E-state index contributed by atoms with van der Waals surface area (Å²) in [5.41, 5.74) is 4.37. The van der Waals surface area contributed by atoms with Crippen molar-refractivity contribution in [3.05, 3.63) is 61.4 Å². The minimum absolute atomic E-state index is 0.144. The summed E-state index contributed by atoms with van der Waals surface area (Å²) in [5.74, 6) is -0.00563. The van der Waals surface area contributed by atoms with E-state index in [0.717, 1.165) is 32.5 Å². The van der Waals surface area contributed by atoms with Gasteiger partial charge in [0.25, 0.3) is 5.56 Å². The highest BCUT2D eigenvalue weighted by Crippen LogP contribution is 2.29. The Kier molecular flexibility index (Phi) is 6.17. The standard InChI is InChI=1S/C22H26N4O3S/c1-7-15-10-23-20-17(21(28)26(6)22(29)25(20)5)19(15)30-11-16(27)24-18-13(3)8-12(2)9-14(18)4/h8-10H,7,11H2,1-6H3,(H,24,27). The summed E-state index contributed by atoms with van der Waals surface area (Å²) < 4.78 is 2.44. The molecule has 0 unspecified atom stereocenters. The molecule has 0 fully saturated rings. The van der Waals surface area contributed by atoms with Gasteiger partial charge in [0.05, 0.1) is 11.1 Å². The molecule has 8 heteroatoms. The van der Waals surface area contributed by atoms with Crippen LogP contribution in [0.2, 0.25) is 0 Å². The fraction of sp³-hybridized carbons (Fsp3) is 0.364. The van der Waals surface area contributed by atoms with E-state index < -0.39 is 11.2 Å². The zero-order chi connectivity index (χ0) is 22.2. The molecule has 0 radical (unpaired) electrons. The fourth-order valence-electron chi connectivity index (χ4n) is 3.65. The number of nitrogens with one attached hydrogen (secondary N) is 1. The monoisotopic (exact) mass is 426 g/mol. The number of hydrogen-bond donors (Lipinski definition) is 1. The number of carbonyl (C=O) groups excluding carboxylic acids is 1. The number of benzene rings is 1. The molecule has 0 spiro atoms. The van der Waals surface area contributed by atoms with Crippen LogP contribution >= 0.6 is 11.8 Å². The van der Waals surface area contributed by atoms with Crippen LogP contribution in [-0.4, -0.2) is 25.8 Å². The quantitative estimate of drug-likeness (QED) is 0.634. The number of nitrogens with zero attached hydrogens (tertiary/aromatic N) is 3. The van der Waals surface area contributed by atoms with Gasteiger partial charge in [-0.2, -0.15) is 0 Å². The minimum atomic E-state index is -0.428. The molecule has 7 nitrogen and oxygen atoms in total. The molecule has 30 heavy (non-hydrogen) atoms. The molecule has 0 aliphatic carbocycles. The lowest BCUT2D eigenvalue weighted by Crippen LogP contribution is -2.37. The van der Waals surface area contributed by atoms with Crippen molar-refractivity contribution in [2.75, 3.05) is 11.1 Å². The van der Waals surface area contributed by atoms with Gasteiger partial charge >= 0.3 is 5.69 Å². The second kappa shape index (κ2) is 8.47. The summed E-state index contributed by atoms with van der Waals surface area (Å²) >= 11 is 1.30. The molecule has 2 heterocycles. The highest BCUT2D eigenvalue weighted by atomic mass is 32.2. The van der Waals surface area contributed by atoms with E-state index in [1.807, 2.05) is 39.8 Å². The van der Waals surface area contributed by atoms with Gasteiger partial charge < -0.3 is 5.32 Å². The topological polar surface area (TPSA) is 86.0 Å². The van der Waals surface area contributed by atoms with Crippen molar-refractivity contribution in [2.24, 2.45) is 14.1 Å². The van der Waals surface area contributed by atoms with Crippen molar-refractivity contribution < 1.29 is 4.79 Å². The zero-order valence-corrected chi connectivity index (χ0v) is 18.9. The summed E-state index contributed by atoms with van der Waals surface area (Å²) in [6, 6.07) is 4.07. The molecular weight excluding hydrogens is 400 g/mol. The Labute approximate surface area is 179 Å². The van der Waals surface area contributed by atoms with Crippen molar-refractivity contribution in [1.29, 1.82) is 0 Å². The third-order valence-electron chi connectivity index (χ3n) is 5.17. The fourth-order valence-corrected chi connectivity index (χ4v) is 4.70. The molecule has 1 amide bonds. The van der Waals surface area contributed by atoms with E-state index in [-0.39, 0.29) is 11.7 Å². The van der Waals surface area contributed by atoms with Crippen LogP contribution in [0.4, 0.5) is 5.69 Å². The number of thioether (sulfide) groups is 1. The average molecular weight is 427 g/mol. The predicted molar refractivity (Wildman–Crippen MR) is 122 cm³/mol. The second-order valence-corrected chi connectivity index (χ2v) is 8.47. The van der Waals surface area contributed by atoms with E-state index in [4.69, 9.17) is 0 Å². The van der Waals surface area contributed by atoms with E-state index >= 15 is 0 Å². The van der Waals surface area contributed by atoms with E-state index in [9.17, 15) is 14.4 Å². The Balaban J connectivity index is 1.97. The van der Waals surface area contributed by atoms with Crippen molar-refractivity contribution in [1.82, 2.24) is 14.1 Å². The molecule has 1 aromatic carbocycles. The first kappa shape index (κ1) is 21.8. The minimum Gasteiger partial charge on any atom is -0.325 e. The van der Waals surface area contributed by atoms with Crippen molar-refractivity contribution in [2.45, 2.75) is 39.0 Å². The summed E-state index contributed by atoms with van der Waals surface area (Å²) in [6.07, 6.45) is 2.34. The van der Waals surface area contributed by atoms with Gasteiger partial charge in [0.2, 0.25) is 5.91 Å². The van der Waals surface area contributed by atoms with Crippen molar-refractivity contribution in [3.8, 4) is 0 Å². The van der Waals surface area contributed by atoms with E-state index in [1.165, 1.54) is 23.4 Å². The van der Waals surface area contributed by atoms with Gasteiger partial charge in [-0.3, -0.25) is 18.7 Å². The molecule has 3 rings (SSSR count). The Morgan fingerprint density at radius 3 is 2.33 bits per heavy atom. The number of aromatic nitrogens is 3. The summed E-state index contributed by atoms with van der Waals surface area (Å²) in [7, 11) is 3.04. The number of aryl methyl sites for hydroxylation is 5. The highest BCUT2D eigenvalue weighted by Gasteiger charge is 2.18. The summed E-state index contributed by atoms with van der Waals surface area (Å²) in [5, 5.41) is 3.37. The van der Waals surface area contributed by atoms with Gasteiger partial charge in [0.1, 0.15) is 5.65 Å². The van der Waals surface area contributed by atoms with Crippen LogP contribution in [-0.2, 0) is 25.3 Å². The number of amides is 1. The normalized spacial score (nSPS) is 11.1. The number of hydrogen-bond acceptors (Lipinski definition) is 5. The van der Waals surface area contributed by atoms with E-state index in [1.54, 1.807) is 13.2 Å². The number of fused-ring (bicyclic) bond motifs is 1. The number of anilines is 1. The Morgan fingerprint density at radius 1 is 1.10 bits per heavy atom. The molecule has 0 bridgehead atoms. The Hall–Kier alpha value is -2.87. The molecule has 0 aliphatic rings. The average Bonchev–Trinajstić information content (AvgIpc) is 2.70. The first-order valence-corrected chi connectivity index (χ1v) is 10.7. The van der Waals surface area contributed by atoms with Crippen LogP contribution in [0.15, 0.2) is 32.8 Å². The second-order valence-electron chi connectivity index (χ2n) is 7.48. The van der Waals surface area contributed by atoms with Crippen LogP contribution in [0.3, 0.4) is 0 Å². The van der Waals surface area contributed by atoms with Crippen LogP contribution in [0.25, 0.3) is 11.0 Å². The Morgan fingerprint density at radius 2 is 1.73 bits per heavy atom. The maximum absolute atomic E-state index is 12.8. The highest BCUT2D eigenvalue weighted by molar-refractivity contribution is 8.00. The van der Waals surface area contributed by atoms with Crippen LogP contribution in [0.1, 0.15) is 29.2 Å². The molecule has 1 N–H and O–H groups in total. The van der Waals surface area contributed by atoms with Crippen molar-refractivity contribution in [3.63, 3.8) is 0 Å². The number of rotatable bonds is 5. The summed E-state index contributed by atoms with van der Waals surface area (Å²) in [4.78, 5) is 42.8. The maximum Gasteiger partial charge on any atom is 0.332 e. The smallest absolute Gasteiger partial charge is 0.325 e. The zero-order valence-electron chi connectivity index (χ0n) is 18.1. The van der Waals surface area contributed by atoms with Gasteiger partial charge in [-0.15, -0.1) is 11.8 Å². The van der Waals surface area contributed by atoms with Gasteiger partial charge in [-0.05, 0) is 43.9 Å². The third kappa shape index (κ3) is 3.92. The molecular formula is C22H26N4O3S. The van der Waals surface area contributed by atoms with E-state index in [0.29, 0.717) is 22.3 Å². The molecule has 2 aromatic heterocycles. The molecule has 0 saturated carbocycles. The van der Waals surface area contributed by atoms with Gasteiger partial charge in [0.15, 0.2) is 0 Å². The lowest BCUT2D eigenvalue weighted by molar-refractivity contribution is -0.113. The SMILES string of the molecule is CCc1cnc2c(c1SCC(=O)Nc1c(C)cc(C)cc1C)c(=O)n(C)c(=O)n2C. The lowest BCUT2D eigenvalue weighted by atomic mass is 10.1.